The van der Waals surface area contributed by atoms with Crippen LogP contribution in [0.25, 0.3) is 0 Å². The second-order valence-electron chi connectivity index (χ2n) is 2.60. The van der Waals surface area contributed by atoms with Crippen molar-refractivity contribution in [1.29, 1.82) is 0 Å². The fraction of sp³-hybridized carbons (Fsp3) is 0.714. The molecule has 0 aromatic heterocycles. The minimum absolute atomic E-state index is 0.410. The van der Waals surface area contributed by atoms with Gasteiger partial charge in [0.15, 0.2) is 0 Å². The lowest BCUT2D eigenvalue weighted by molar-refractivity contribution is -0.150. The number of hydrogen-bond donors (Lipinski definition) is 4. The lowest BCUT2D eigenvalue weighted by Gasteiger charge is -2.13. The van der Waals surface area contributed by atoms with Crippen LogP contribution in [-0.4, -0.2) is 54.5 Å². The van der Waals surface area contributed by atoms with Crippen molar-refractivity contribution in [3.05, 3.63) is 0 Å². The van der Waals surface area contributed by atoms with Crippen molar-refractivity contribution in [2.75, 3.05) is 20.3 Å². The highest BCUT2D eigenvalue weighted by Crippen LogP contribution is 1.89. The largest absolute Gasteiger partial charge is 0.480 e. The Hall–Kier alpha value is -1.18. The number of carboxylic acid groups (broad SMARTS) is 1. The van der Waals surface area contributed by atoms with Gasteiger partial charge in [-0.25, -0.2) is 0 Å². The molecular formula is C7H14N2O5. The molecule has 0 rings (SSSR count). The van der Waals surface area contributed by atoms with Crippen LogP contribution < -0.4 is 11.1 Å². The molecule has 0 saturated heterocycles. The van der Waals surface area contributed by atoms with E-state index in [1.165, 1.54) is 7.05 Å². The van der Waals surface area contributed by atoms with Crippen LogP contribution >= 0.6 is 0 Å². The lowest BCUT2D eigenvalue weighted by Crippen LogP contribution is -2.42. The summed E-state index contributed by atoms with van der Waals surface area (Å²) in [7, 11) is 1.47. The molecule has 0 unspecified atom stereocenters. The van der Waals surface area contributed by atoms with Crippen LogP contribution in [0.5, 0.6) is 0 Å². The Balaban J connectivity index is 3.89. The van der Waals surface area contributed by atoms with Crippen molar-refractivity contribution >= 4 is 11.9 Å². The number of likely N-dealkylation sites (N-methyl/N-ethyl adjacent to an activating group) is 1. The van der Waals surface area contributed by atoms with Gasteiger partial charge >= 0.3 is 11.9 Å². The highest BCUT2D eigenvalue weighted by atomic mass is 16.5. The summed E-state index contributed by atoms with van der Waals surface area (Å²) in [5, 5.41) is 19.5. The van der Waals surface area contributed by atoms with Gasteiger partial charge in [0.25, 0.3) is 0 Å². The first-order valence-electron chi connectivity index (χ1n) is 3.96. The molecule has 82 valence electrons. The fourth-order valence-electron chi connectivity index (χ4n) is 0.627. The van der Waals surface area contributed by atoms with Gasteiger partial charge in [-0.15, -0.1) is 0 Å². The van der Waals surface area contributed by atoms with E-state index in [4.69, 9.17) is 15.9 Å². The number of rotatable bonds is 6. The summed E-state index contributed by atoms with van der Waals surface area (Å²) in [5.41, 5.74) is 5.09. The van der Waals surface area contributed by atoms with Crippen molar-refractivity contribution < 1.29 is 24.5 Å². The number of ether oxygens (including phenoxy) is 1. The van der Waals surface area contributed by atoms with E-state index in [9.17, 15) is 9.59 Å². The van der Waals surface area contributed by atoms with Crippen LogP contribution in [0.1, 0.15) is 0 Å². The second kappa shape index (κ2) is 6.30. The number of carbonyl (C=O) groups is 2. The normalized spacial score (nSPS) is 14.5. The van der Waals surface area contributed by atoms with Gasteiger partial charge in [-0.3, -0.25) is 9.59 Å². The molecule has 0 radical (unpaired) electrons. The molecule has 0 bridgehead atoms. The Morgan fingerprint density at radius 3 is 2.50 bits per heavy atom. The molecule has 0 aliphatic rings. The van der Waals surface area contributed by atoms with Crippen molar-refractivity contribution in [1.82, 2.24) is 5.32 Å². The van der Waals surface area contributed by atoms with Crippen LogP contribution in [0.4, 0.5) is 0 Å². The van der Waals surface area contributed by atoms with Crippen molar-refractivity contribution in [3.8, 4) is 0 Å². The molecule has 0 aromatic rings. The van der Waals surface area contributed by atoms with E-state index in [0.717, 1.165) is 0 Å². The first-order chi connectivity index (χ1) is 6.52. The Morgan fingerprint density at radius 2 is 2.14 bits per heavy atom. The second-order valence-corrected chi connectivity index (χ2v) is 2.60. The van der Waals surface area contributed by atoms with E-state index in [-0.39, 0.29) is 0 Å². The molecule has 2 atom stereocenters. The van der Waals surface area contributed by atoms with Gasteiger partial charge in [-0.1, -0.05) is 0 Å². The Bertz CT molecular complexity index is 204. The minimum Gasteiger partial charge on any atom is -0.480 e. The zero-order chi connectivity index (χ0) is 11.1. The summed E-state index contributed by atoms with van der Waals surface area (Å²) >= 11 is 0. The molecule has 14 heavy (non-hydrogen) atoms. The summed E-state index contributed by atoms with van der Waals surface area (Å²) in [6, 6.07) is -2.09. The van der Waals surface area contributed by atoms with E-state index in [1.807, 2.05) is 0 Å². The summed E-state index contributed by atoms with van der Waals surface area (Å²) in [6.45, 7) is -0.829. The summed E-state index contributed by atoms with van der Waals surface area (Å²) in [4.78, 5) is 21.3. The third-order valence-corrected chi connectivity index (χ3v) is 1.54. The average molecular weight is 206 g/mol. The lowest BCUT2D eigenvalue weighted by atomic mass is 10.3. The maximum Gasteiger partial charge on any atom is 0.325 e. The van der Waals surface area contributed by atoms with E-state index in [0.29, 0.717) is 0 Å². The van der Waals surface area contributed by atoms with E-state index in [2.05, 4.69) is 10.1 Å². The maximum atomic E-state index is 11.0. The predicted octanol–water partition coefficient (Wildman–Crippen LogP) is -2.48. The maximum absolute atomic E-state index is 11.0. The number of carbonyl (C=O) groups excluding carboxylic acids is 1. The first-order valence-corrected chi connectivity index (χ1v) is 3.96. The van der Waals surface area contributed by atoms with Gasteiger partial charge in [0.2, 0.25) is 0 Å². The molecule has 0 spiro atoms. The Labute approximate surface area is 80.8 Å². The van der Waals surface area contributed by atoms with Gasteiger partial charge in [-0.2, -0.15) is 0 Å². The number of hydrogen-bond acceptors (Lipinski definition) is 6. The summed E-state index contributed by atoms with van der Waals surface area (Å²) < 4.78 is 4.54. The smallest absolute Gasteiger partial charge is 0.325 e. The topological polar surface area (TPSA) is 122 Å². The molecule has 0 aliphatic carbocycles. The van der Waals surface area contributed by atoms with Crippen molar-refractivity contribution in [2.45, 2.75) is 12.1 Å². The molecule has 7 heteroatoms. The molecule has 5 N–H and O–H groups in total. The fourth-order valence-corrected chi connectivity index (χ4v) is 0.627. The highest BCUT2D eigenvalue weighted by molar-refractivity contribution is 5.77. The van der Waals surface area contributed by atoms with Gasteiger partial charge in [-0.05, 0) is 7.05 Å². The van der Waals surface area contributed by atoms with Crippen LogP contribution in [0.15, 0.2) is 0 Å². The Morgan fingerprint density at radius 1 is 1.57 bits per heavy atom. The van der Waals surface area contributed by atoms with E-state index in [1.54, 1.807) is 0 Å². The third-order valence-electron chi connectivity index (χ3n) is 1.54. The minimum atomic E-state index is -1.25. The molecule has 0 amide bonds. The van der Waals surface area contributed by atoms with Crippen molar-refractivity contribution in [2.24, 2.45) is 5.73 Å². The highest BCUT2D eigenvalue weighted by Gasteiger charge is 2.19. The van der Waals surface area contributed by atoms with E-state index >= 15 is 0 Å². The van der Waals surface area contributed by atoms with Crippen molar-refractivity contribution in [3.63, 3.8) is 0 Å². The van der Waals surface area contributed by atoms with Gasteiger partial charge in [0, 0.05) is 0 Å². The predicted molar refractivity (Wildman–Crippen MR) is 46.5 cm³/mol. The number of esters is 1. The zero-order valence-corrected chi connectivity index (χ0v) is 7.77. The number of aliphatic hydroxyl groups is 1. The first kappa shape index (κ1) is 12.8. The number of aliphatic hydroxyl groups excluding tert-OH is 1. The number of carboxylic acids is 1. The molecule has 0 aliphatic heterocycles. The SMILES string of the molecule is CN[C@@H](CO)C(=O)OC[C@H](N)C(=O)O. The number of aliphatic carboxylic acids is 1. The molecular weight excluding hydrogens is 192 g/mol. The standard InChI is InChI=1S/C7H14N2O5/c1-9-5(2-10)7(13)14-3-4(8)6(11)12/h4-5,9-10H,2-3,8H2,1H3,(H,11,12)/t4-,5-/m0/s1. The molecule has 0 heterocycles. The zero-order valence-electron chi connectivity index (χ0n) is 7.77. The van der Waals surface area contributed by atoms with Crippen LogP contribution in [0, 0.1) is 0 Å². The number of nitrogens with one attached hydrogen (secondary N) is 1. The monoisotopic (exact) mass is 206 g/mol. The molecule has 7 nitrogen and oxygen atoms in total. The van der Waals surface area contributed by atoms with Gasteiger partial charge in [0.1, 0.15) is 18.7 Å². The van der Waals surface area contributed by atoms with Crippen LogP contribution in [-0.2, 0) is 14.3 Å². The van der Waals surface area contributed by atoms with Crippen LogP contribution in [0.2, 0.25) is 0 Å². The molecule has 0 aromatic carbocycles. The third kappa shape index (κ3) is 4.17. The Kier molecular flexibility index (Phi) is 5.77. The number of nitrogens with two attached hydrogens (primary N) is 1. The molecule has 0 saturated carbocycles. The van der Waals surface area contributed by atoms with Gasteiger partial charge < -0.3 is 26.0 Å². The molecule has 0 fully saturated rings. The van der Waals surface area contributed by atoms with E-state index < -0.39 is 37.2 Å². The van der Waals surface area contributed by atoms with Gasteiger partial charge in [0.05, 0.1) is 6.61 Å². The summed E-state index contributed by atoms with van der Waals surface area (Å²) in [5.74, 6) is -1.98. The van der Waals surface area contributed by atoms with Crippen LogP contribution in [0.3, 0.4) is 0 Å². The summed E-state index contributed by atoms with van der Waals surface area (Å²) in [6.07, 6.45) is 0. The average Bonchev–Trinajstić information content (AvgIpc) is 2.15. The quantitative estimate of drug-likeness (QED) is 0.355.